The number of nitrogens with one attached hydrogen (secondary N) is 2. The predicted molar refractivity (Wildman–Crippen MR) is 48.3 cm³/mol. The molecule has 0 bridgehead atoms. The van der Waals surface area contributed by atoms with Gasteiger partial charge in [-0.25, -0.2) is 0 Å². The predicted octanol–water partition coefficient (Wildman–Crippen LogP) is 0.388. The first-order valence-electron chi connectivity index (χ1n) is 3.74. The van der Waals surface area contributed by atoms with E-state index in [1.165, 1.54) is 12.8 Å². The summed E-state index contributed by atoms with van der Waals surface area (Å²) in [6, 6.07) is 0.414. The Hall–Kier alpha value is 0.310. The quantitative estimate of drug-likeness (QED) is 0.301. The zero-order chi connectivity index (χ0) is 7.82. The molecular formula is C6H18N3P. The molecule has 0 amide bonds. The topological polar surface area (TPSA) is 50.1 Å². The van der Waals surface area contributed by atoms with Crippen LogP contribution in [0.2, 0.25) is 0 Å². The van der Waals surface area contributed by atoms with Gasteiger partial charge < -0.3 is 0 Å². The van der Waals surface area contributed by atoms with E-state index in [1.54, 1.807) is 0 Å². The first kappa shape index (κ1) is 10.3. The maximum absolute atomic E-state index is 5.30. The normalized spacial score (nSPS) is 13.5. The molecule has 4 heteroatoms. The van der Waals surface area contributed by atoms with Gasteiger partial charge in [0.05, 0.1) is 0 Å². The molecule has 4 N–H and O–H groups in total. The molecular weight excluding hydrogens is 145 g/mol. The van der Waals surface area contributed by atoms with E-state index in [9.17, 15) is 0 Å². The van der Waals surface area contributed by atoms with E-state index in [0.717, 1.165) is 13.0 Å². The van der Waals surface area contributed by atoms with Crippen molar-refractivity contribution < 1.29 is 0 Å². The van der Waals surface area contributed by atoms with Crippen molar-refractivity contribution in [1.29, 1.82) is 0 Å². The monoisotopic (exact) mass is 163 g/mol. The summed E-state index contributed by atoms with van der Waals surface area (Å²) in [5.41, 5.74) is 2.76. The van der Waals surface area contributed by atoms with E-state index in [0.29, 0.717) is 6.04 Å². The Labute approximate surface area is 65.4 Å². The van der Waals surface area contributed by atoms with Gasteiger partial charge in [0.1, 0.15) is 0 Å². The SMILES string of the molecule is CCCCC(CNP)NN. The average Bonchev–Trinajstić information content (AvgIpc) is 1.98. The number of hydrogen-bond donors (Lipinski definition) is 3. The molecule has 10 heavy (non-hydrogen) atoms. The zero-order valence-corrected chi connectivity index (χ0v) is 7.72. The lowest BCUT2D eigenvalue weighted by Gasteiger charge is -2.13. The molecule has 0 aromatic rings. The van der Waals surface area contributed by atoms with Crippen molar-refractivity contribution in [2.24, 2.45) is 5.84 Å². The summed E-state index contributed by atoms with van der Waals surface area (Å²) >= 11 is 0. The minimum atomic E-state index is 0.414. The lowest BCUT2D eigenvalue weighted by Crippen LogP contribution is -2.40. The Bertz CT molecular complexity index is 70.0. The average molecular weight is 163 g/mol. The second kappa shape index (κ2) is 7.42. The van der Waals surface area contributed by atoms with E-state index in [2.05, 4.69) is 26.8 Å². The fourth-order valence-electron chi connectivity index (χ4n) is 0.837. The molecule has 0 heterocycles. The fourth-order valence-corrected chi connectivity index (χ4v) is 1.12. The molecule has 2 atom stereocenters. The number of unbranched alkanes of at least 4 members (excludes halogenated alkanes) is 1. The van der Waals surface area contributed by atoms with Gasteiger partial charge in [0.15, 0.2) is 0 Å². The van der Waals surface area contributed by atoms with Crippen LogP contribution in [0.1, 0.15) is 26.2 Å². The van der Waals surface area contributed by atoms with Crippen molar-refractivity contribution in [2.75, 3.05) is 6.54 Å². The summed E-state index contributed by atoms with van der Waals surface area (Å²) in [5.74, 6) is 5.30. The lowest BCUT2D eigenvalue weighted by molar-refractivity contribution is 0.475. The second-order valence-electron chi connectivity index (χ2n) is 2.41. The van der Waals surface area contributed by atoms with E-state index < -0.39 is 0 Å². The molecule has 0 spiro atoms. The van der Waals surface area contributed by atoms with Crippen LogP contribution in [0.15, 0.2) is 0 Å². The smallest absolute Gasteiger partial charge is 0.0338 e. The van der Waals surface area contributed by atoms with E-state index in [4.69, 9.17) is 5.84 Å². The van der Waals surface area contributed by atoms with Crippen LogP contribution >= 0.6 is 9.39 Å². The maximum atomic E-state index is 5.30. The summed E-state index contributed by atoms with van der Waals surface area (Å²) in [5, 5.41) is 3.00. The van der Waals surface area contributed by atoms with Crippen LogP contribution in [0.4, 0.5) is 0 Å². The van der Waals surface area contributed by atoms with Crippen molar-refractivity contribution in [3.05, 3.63) is 0 Å². The third-order valence-corrected chi connectivity index (χ3v) is 1.74. The number of hydrazine groups is 1. The Morgan fingerprint density at radius 3 is 2.70 bits per heavy atom. The fraction of sp³-hybridized carbons (Fsp3) is 1.00. The van der Waals surface area contributed by atoms with Crippen LogP contribution in [0, 0.1) is 0 Å². The van der Waals surface area contributed by atoms with Gasteiger partial charge in [-0.3, -0.25) is 16.4 Å². The van der Waals surface area contributed by atoms with Crippen LogP contribution in [-0.4, -0.2) is 12.6 Å². The first-order valence-corrected chi connectivity index (χ1v) is 4.32. The molecule has 0 rings (SSSR count). The van der Waals surface area contributed by atoms with Gasteiger partial charge in [-0.1, -0.05) is 29.2 Å². The standard InChI is InChI=1S/C6H18N3P/c1-2-3-4-6(9-7)5-8-10/h6,8-9H,2-5,7,10H2,1H3. The molecule has 0 aromatic heterocycles. The molecule has 0 aliphatic rings. The number of nitrogens with two attached hydrogens (primary N) is 1. The summed E-state index contributed by atoms with van der Waals surface area (Å²) in [6.45, 7) is 3.10. The Morgan fingerprint density at radius 2 is 2.30 bits per heavy atom. The molecule has 3 nitrogen and oxygen atoms in total. The number of rotatable bonds is 6. The van der Waals surface area contributed by atoms with Gasteiger partial charge in [0, 0.05) is 12.6 Å². The van der Waals surface area contributed by atoms with Gasteiger partial charge in [0.25, 0.3) is 0 Å². The Balaban J connectivity index is 3.21. The molecule has 2 unspecified atom stereocenters. The number of hydrogen-bond acceptors (Lipinski definition) is 3. The van der Waals surface area contributed by atoms with Crippen molar-refractivity contribution in [3.8, 4) is 0 Å². The van der Waals surface area contributed by atoms with Crippen LogP contribution in [0.25, 0.3) is 0 Å². The van der Waals surface area contributed by atoms with E-state index >= 15 is 0 Å². The highest BCUT2D eigenvalue weighted by atomic mass is 31.0. The van der Waals surface area contributed by atoms with Crippen LogP contribution in [0.3, 0.4) is 0 Å². The van der Waals surface area contributed by atoms with Crippen LogP contribution in [-0.2, 0) is 0 Å². The van der Waals surface area contributed by atoms with Crippen molar-refractivity contribution in [3.63, 3.8) is 0 Å². The molecule has 0 saturated heterocycles. The molecule has 0 radical (unpaired) electrons. The molecule has 0 aromatic carbocycles. The Morgan fingerprint density at radius 1 is 1.60 bits per heavy atom. The van der Waals surface area contributed by atoms with Gasteiger partial charge in [-0.2, -0.15) is 0 Å². The largest absolute Gasteiger partial charge is 0.299 e. The molecule has 0 aliphatic carbocycles. The molecule has 0 aliphatic heterocycles. The highest BCUT2D eigenvalue weighted by molar-refractivity contribution is 7.13. The lowest BCUT2D eigenvalue weighted by atomic mass is 10.1. The van der Waals surface area contributed by atoms with Crippen molar-refractivity contribution in [1.82, 2.24) is 10.5 Å². The highest BCUT2D eigenvalue weighted by Crippen LogP contribution is 1.98. The molecule has 0 saturated carbocycles. The van der Waals surface area contributed by atoms with Crippen LogP contribution < -0.4 is 16.4 Å². The van der Waals surface area contributed by atoms with Gasteiger partial charge >= 0.3 is 0 Å². The minimum Gasteiger partial charge on any atom is -0.299 e. The summed E-state index contributed by atoms with van der Waals surface area (Å²) in [6.07, 6.45) is 3.62. The summed E-state index contributed by atoms with van der Waals surface area (Å²) in [4.78, 5) is 0. The zero-order valence-electron chi connectivity index (χ0n) is 6.56. The van der Waals surface area contributed by atoms with Gasteiger partial charge in [0.2, 0.25) is 0 Å². The molecule has 0 fully saturated rings. The first-order chi connectivity index (χ1) is 4.85. The van der Waals surface area contributed by atoms with Gasteiger partial charge in [-0.05, 0) is 6.42 Å². The van der Waals surface area contributed by atoms with Crippen LogP contribution in [0.5, 0.6) is 0 Å². The highest BCUT2D eigenvalue weighted by Gasteiger charge is 2.02. The summed E-state index contributed by atoms with van der Waals surface area (Å²) in [7, 11) is 2.47. The summed E-state index contributed by atoms with van der Waals surface area (Å²) < 4.78 is 0. The third kappa shape index (κ3) is 5.12. The minimum absolute atomic E-state index is 0.414. The van der Waals surface area contributed by atoms with E-state index in [-0.39, 0.29) is 0 Å². The Kier molecular flexibility index (Phi) is 7.65. The van der Waals surface area contributed by atoms with Crippen molar-refractivity contribution in [2.45, 2.75) is 32.2 Å². The third-order valence-electron chi connectivity index (χ3n) is 1.51. The maximum Gasteiger partial charge on any atom is 0.0338 e. The second-order valence-corrected chi connectivity index (χ2v) is 2.82. The van der Waals surface area contributed by atoms with Crippen molar-refractivity contribution >= 4 is 9.39 Å². The van der Waals surface area contributed by atoms with E-state index in [1.807, 2.05) is 0 Å². The molecule has 62 valence electrons. The van der Waals surface area contributed by atoms with Gasteiger partial charge in [-0.15, -0.1) is 0 Å².